The summed E-state index contributed by atoms with van der Waals surface area (Å²) < 4.78 is 48.1. The van der Waals surface area contributed by atoms with Gasteiger partial charge in [-0.3, -0.25) is 9.59 Å². The zero-order valence-corrected chi connectivity index (χ0v) is 21.7. The van der Waals surface area contributed by atoms with Crippen LogP contribution in [0.3, 0.4) is 0 Å². The van der Waals surface area contributed by atoms with Crippen LogP contribution in [0.2, 0.25) is 0 Å². The van der Waals surface area contributed by atoms with Crippen LogP contribution in [0, 0.1) is 11.2 Å². The first-order valence-electron chi connectivity index (χ1n) is 12.2. The first-order chi connectivity index (χ1) is 17.9. The molecule has 2 amide bonds. The molecule has 3 aromatic rings. The van der Waals surface area contributed by atoms with Crippen LogP contribution in [0.4, 0.5) is 18.9 Å². The van der Waals surface area contributed by atoms with Crippen molar-refractivity contribution in [3.8, 4) is 17.1 Å². The maximum atomic E-state index is 13.5. The number of ether oxygens (including phenoxy) is 1. The summed E-state index contributed by atoms with van der Waals surface area (Å²) in [6, 6.07) is 13.7. The fourth-order valence-corrected chi connectivity index (χ4v) is 3.73. The first kappa shape index (κ1) is 28.6. The van der Waals surface area contributed by atoms with Gasteiger partial charge >= 0.3 is 6.61 Å². The van der Waals surface area contributed by atoms with Gasteiger partial charge in [0.25, 0.3) is 5.91 Å². The molecule has 0 radical (unpaired) electrons. The molecule has 0 spiro atoms. The Bertz CT molecular complexity index is 1220. The molecule has 3 N–H and O–H groups in total. The van der Waals surface area contributed by atoms with Crippen LogP contribution >= 0.6 is 0 Å². The molecular formula is C28H32F3N3O4. The predicted molar refractivity (Wildman–Crippen MR) is 139 cm³/mol. The minimum absolute atomic E-state index is 0.00459. The Morgan fingerprint density at radius 3 is 2.34 bits per heavy atom. The highest BCUT2D eigenvalue weighted by Gasteiger charge is 2.28. The van der Waals surface area contributed by atoms with Gasteiger partial charge < -0.3 is 25.1 Å². The van der Waals surface area contributed by atoms with E-state index in [4.69, 9.17) is 4.42 Å². The predicted octanol–water partition coefficient (Wildman–Crippen LogP) is 5.84. The number of amides is 2. The van der Waals surface area contributed by atoms with Crippen molar-refractivity contribution in [2.24, 2.45) is 5.41 Å². The van der Waals surface area contributed by atoms with Crippen molar-refractivity contribution in [1.29, 1.82) is 0 Å². The summed E-state index contributed by atoms with van der Waals surface area (Å²) in [4.78, 5) is 26.0. The van der Waals surface area contributed by atoms with E-state index in [0.717, 1.165) is 0 Å². The van der Waals surface area contributed by atoms with Gasteiger partial charge in [0.05, 0.1) is 0 Å². The van der Waals surface area contributed by atoms with Crippen molar-refractivity contribution < 1.29 is 31.9 Å². The van der Waals surface area contributed by atoms with E-state index in [9.17, 15) is 22.8 Å². The number of rotatable bonds is 11. The number of halogens is 3. The molecule has 3 rings (SSSR count). The lowest BCUT2D eigenvalue weighted by Crippen LogP contribution is -2.51. The SMILES string of the molecule is C[C@@H](CNc1ccc(OC(F)F)cc1)NC(=O)[C@H](CC(C)(C)C)NC(=O)c1ccc(-c2cccc(F)c2)o1. The normalized spacial score (nSPS) is 13.1. The van der Waals surface area contributed by atoms with E-state index < -0.39 is 24.4 Å². The minimum Gasteiger partial charge on any atom is -0.451 e. The second-order valence-electron chi connectivity index (χ2n) is 10.2. The van der Waals surface area contributed by atoms with Crippen molar-refractivity contribution >= 4 is 17.5 Å². The van der Waals surface area contributed by atoms with Gasteiger partial charge in [0.2, 0.25) is 5.91 Å². The molecule has 0 aliphatic carbocycles. The van der Waals surface area contributed by atoms with E-state index in [2.05, 4.69) is 20.7 Å². The third kappa shape index (κ3) is 8.86. The molecule has 0 aliphatic heterocycles. The van der Waals surface area contributed by atoms with Crippen molar-refractivity contribution in [3.05, 3.63) is 72.2 Å². The fraction of sp³-hybridized carbons (Fsp3) is 0.357. The van der Waals surface area contributed by atoms with Crippen molar-refractivity contribution in [1.82, 2.24) is 10.6 Å². The van der Waals surface area contributed by atoms with E-state index in [0.29, 0.717) is 30.0 Å². The standard InChI is InChI=1S/C28H32F3N3O4/c1-17(16-32-20-8-10-21(11-9-20)37-27(30)31)33-25(35)22(15-28(2,3)4)34-26(36)24-13-12-23(38-24)18-6-5-7-19(29)14-18/h5-14,17,22,27,32H,15-16H2,1-4H3,(H,33,35)(H,34,36)/t17-,22-/m0/s1. The number of furan rings is 1. The lowest BCUT2D eigenvalue weighted by atomic mass is 9.87. The Morgan fingerprint density at radius 1 is 1.00 bits per heavy atom. The molecule has 1 aromatic heterocycles. The average Bonchev–Trinajstić information content (AvgIpc) is 3.33. The molecule has 0 bridgehead atoms. The maximum Gasteiger partial charge on any atom is 0.387 e. The third-order valence-corrected chi connectivity index (χ3v) is 5.46. The number of hydrogen-bond acceptors (Lipinski definition) is 5. The highest BCUT2D eigenvalue weighted by atomic mass is 19.3. The van der Waals surface area contributed by atoms with E-state index in [1.165, 1.54) is 30.3 Å². The maximum absolute atomic E-state index is 13.5. The molecule has 2 atom stereocenters. The number of hydrogen-bond donors (Lipinski definition) is 3. The molecule has 0 saturated carbocycles. The summed E-state index contributed by atoms with van der Waals surface area (Å²) >= 11 is 0. The summed E-state index contributed by atoms with van der Waals surface area (Å²) in [5.41, 5.74) is 0.888. The number of anilines is 1. The topological polar surface area (TPSA) is 92.6 Å². The molecule has 7 nitrogen and oxygen atoms in total. The van der Waals surface area contributed by atoms with Crippen LogP contribution in [0.15, 0.2) is 65.1 Å². The molecule has 38 heavy (non-hydrogen) atoms. The van der Waals surface area contributed by atoms with Gasteiger partial charge in [0.1, 0.15) is 23.4 Å². The van der Waals surface area contributed by atoms with Crippen molar-refractivity contribution in [2.75, 3.05) is 11.9 Å². The quantitative estimate of drug-likeness (QED) is 0.289. The third-order valence-electron chi connectivity index (χ3n) is 5.46. The highest BCUT2D eigenvalue weighted by Crippen LogP contribution is 2.24. The summed E-state index contributed by atoms with van der Waals surface area (Å²) in [6.45, 7) is 5.13. The number of carbonyl (C=O) groups excluding carboxylic acids is 2. The van der Waals surface area contributed by atoms with Gasteiger partial charge in [-0.05, 0) is 67.3 Å². The summed E-state index contributed by atoms with van der Waals surface area (Å²) in [5, 5.41) is 8.76. The van der Waals surface area contributed by atoms with Crippen LogP contribution in [0.25, 0.3) is 11.3 Å². The molecule has 0 aliphatic rings. The van der Waals surface area contributed by atoms with Crippen LogP contribution in [-0.2, 0) is 4.79 Å². The lowest BCUT2D eigenvalue weighted by Gasteiger charge is -2.27. The van der Waals surface area contributed by atoms with Gasteiger partial charge in [-0.15, -0.1) is 0 Å². The summed E-state index contributed by atoms with van der Waals surface area (Å²) in [6.07, 6.45) is 0.369. The van der Waals surface area contributed by atoms with Gasteiger partial charge in [0.15, 0.2) is 5.76 Å². The Balaban J connectivity index is 1.60. The molecule has 1 heterocycles. The second-order valence-corrected chi connectivity index (χ2v) is 10.2. The Labute approximate surface area is 219 Å². The number of carbonyl (C=O) groups is 2. The zero-order chi connectivity index (χ0) is 27.9. The molecule has 204 valence electrons. The van der Waals surface area contributed by atoms with Crippen molar-refractivity contribution in [2.45, 2.75) is 52.8 Å². The summed E-state index contributed by atoms with van der Waals surface area (Å²) in [7, 11) is 0. The smallest absolute Gasteiger partial charge is 0.387 e. The van der Waals surface area contributed by atoms with Crippen LogP contribution in [-0.4, -0.2) is 37.1 Å². The van der Waals surface area contributed by atoms with E-state index in [1.807, 2.05) is 20.8 Å². The van der Waals surface area contributed by atoms with Crippen LogP contribution in [0.5, 0.6) is 5.75 Å². The Morgan fingerprint density at radius 2 is 1.71 bits per heavy atom. The largest absolute Gasteiger partial charge is 0.451 e. The molecule has 10 heteroatoms. The number of alkyl halides is 2. The highest BCUT2D eigenvalue weighted by molar-refractivity contribution is 5.96. The lowest BCUT2D eigenvalue weighted by molar-refractivity contribution is -0.124. The molecule has 0 fully saturated rings. The zero-order valence-electron chi connectivity index (χ0n) is 21.7. The number of benzene rings is 2. The Kier molecular flexibility index (Phi) is 9.44. The first-order valence-corrected chi connectivity index (χ1v) is 12.2. The van der Waals surface area contributed by atoms with Gasteiger partial charge in [0, 0.05) is 23.8 Å². The Hall–Kier alpha value is -3.95. The minimum atomic E-state index is -2.89. The van der Waals surface area contributed by atoms with E-state index in [-0.39, 0.29) is 28.9 Å². The van der Waals surface area contributed by atoms with Gasteiger partial charge in [-0.1, -0.05) is 32.9 Å². The monoisotopic (exact) mass is 531 g/mol. The van der Waals surface area contributed by atoms with E-state index in [1.54, 1.807) is 37.3 Å². The molecule has 2 aromatic carbocycles. The molecular weight excluding hydrogens is 499 g/mol. The van der Waals surface area contributed by atoms with Gasteiger partial charge in [-0.2, -0.15) is 8.78 Å². The van der Waals surface area contributed by atoms with Crippen LogP contribution < -0.4 is 20.7 Å². The van der Waals surface area contributed by atoms with E-state index >= 15 is 0 Å². The molecule has 0 unspecified atom stereocenters. The average molecular weight is 532 g/mol. The number of nitrogens with one attached hydrogen (secondary N) is 3. The van der Waals surface area contributed by atoms with Gasteiger partial charge in [-0.25, -0.2) is 4.39 Å². The van der Waals surface area contributed by atoms with Crippen LogP contribution in [0.1, 0.15) is 44.7 Å². The molecule has 0 saturated heterocycles. The fourth-order valence-electron chi connectivity index (χ4n) is 3.73. The van der Waals surface area contributed by atoms with Crippen molar-refractivity contribution in [3.63, 3.8) is 0 Å². The second kappa shape index (κ2) is 12.5. The summed E-state index contributed by atoms with van der Waals surface area (Å²) in [5.74, 6) is -0.959.